The Balaban J connectivity index is 1.30. The van der Waals surface area contributed by atoms with Crippen LogP contribution in [0.4, 0.5) is 5.69 Å². The van der Waals surface area contributed by atoms with Crippen molar-refractivity contribution in [2.45, 2.75) is 109 Å². The Bertz CT molecular complexity index is 879. The minimum absolute atomic E-state index is 0.0893. The molecule has 2 N–H and O–H groups in total. The molecule has 196 valence electrons. The molecule has 3 heteroatoms. The molecule has 0 amide bonds. The lowest BCUT2D eigenvalue weighted by Crippen LogP contribution is -2.03. The van der Waals surface area contributed by atoms with Crippen molar-refractivity contribution in [2.75, 3.05) is 11.9 Å². The number of carboxylic acid groups (broad SMARTS) is 1. The molecule has 0 aliphatic rings. The number of unbranched alkanes of at least 4 members (excludes halogenated alkanes) is 13. The molecule has 2 aromatic carbocycles. The van der Waals surface area contributed by atoms with Gasteiger partial charge in [-0.3, -0.25) is 4.79 Å². The molecule has 0 aliphatic carbocycles. The molecule has 2 aromatic rings. The Labute approximate surface area is 220 Å². The van der Waals surface area contributed by atoms with Crippen LogP contribution in [0, 0.1) is 11.8 Å². The first-order valence-corrected chi connectivity index (χ1v) is 14.2. The van der Waals surface area contributed by atoms with Crippen LogP contribution in [0.15, 0.2) is 54.6 Å². The SMILES string of the molecule is CC(C#CCCCCCCCCCCCCCCCNc1ccc(CC(=O)O)cc1)c1ccccc1. The number of rotatable bonds is 19. The molecule has 0 saturated heterocycles. The van der Waals surface area contributed by atoms with Gasteiger partial charge in [-0.05, 0) is 43.0 Å². The molecule has 0 fully saturated rings. The molecular formula is C33H47NO2. The molecule has 0 spiro atoms. The Kier molecular flexibility index (Phi) is 15.9. The summed E-state index contributed by atoms with van der Waals surface area (Å²) in [5.74, 6) is 6.32. The fourth-order valence-corrected chi connectivity index (χ4v) is 4.48. The molecule has 0 bridgehead atoms. The number of carbonyl (C=O) groups is 1. The van der Waals surface area contributed by atoms with E-state index in [2.05, 4.69) is 54.4 Å². The highest BCUT2D eigenvalue weighted by Crippen LogP contribution is 2.15. The molecule has 3 nitrogen and oxygen atoms in total. The maximum absolute atomic E-state index is 10.7. The summed E-state index contributed by atoms with van der Waals surface area (Å²) in [6.45, 7) is 3.17. The summed E-state index contributed by atoms with van der Waals surface area (Å²) in [6, 6.07) is 18.3. The van der Waals surface area contributed by atoms with E-state index >= 15 is 0 Å². The fourth-order valence-electron chi connectivity index (χ4n) is 4.48. The highest BCUT2D eigenvalue weighted by molar-refractivity contribution is 5.70. The van der Waals surface area contributed by atoms with E-state index in [9.17, 15) is 4.79 Å². The number of aliphatic carboxylic acids is 1. The predicted molar refractivity (Wildman–Crippen MR) is 154 cm³/mol. The molecule has 1 unspecified atom stereocenters. The van der Waals surface area contributed by atoms with Crippen LogP contribution in [-0.4, -0.2) is 17.6 Å². The molecule has 0 aromatic heterocycles. The molecule has 0 saturated carbocycles. The molecule has 0 aliphatic heterocycles. The van der Waals surface area contributed by atoms with Gasteiger partial charge in [0.05, 0.1) is 6.42 Å². The summed E-state index contributed by atoms with van der Waals surface area (Å²) < 4.78 is 0. The van der Waals surface area contributed by atoms with E-state index in [0.717, 1.165) is 24.2 Å². The Morgan fingerprint density at radius 3 is 1.83 bits per heavy atom. The van der Waals surface area contributed by atoms with Gasteiger partial charge in [0.2, 0.25) is 0 Å². The van der Waals surface area contributed by atoms with Crippen LogP contribution >= 0.6 is 0 Å². The van der Waals surface area contributed by atoms with Gasteiger partial charge in [-0.1, -0.05) is 119 Å². The van der Waals surface area contributed by atoms with Crippen LogP contribution in [0.2, 0.25) is 0 Å². The van der Waals surface area contributed by atoms with Crippen LogP contribution in [0.3, 0.4) is 0 Å². The van der Waals surface area contributed by atoms with E-state index in [-0.39, 0.29) is 6.42 Å². The molecule has 36 heavy (non-hydrogen) atoms. The standard InChI is InChI=1S/C33H47NO2/c1-29(31-21-17-15-18-22-31)20-16-13-11-9-7-5-3-2-4-6-8-10-12-14-19-27-34-32-25-23-30(24-26-32)28-33(35)36/h15,17-18,21-26,29,34H,2-14,19,27-28H2,1H3,(H,35,36). The van der Waals surface area contributed by atoms with E-state index < -0.39 is 5.97 Å². The van der Waals surface area contributed by atoms with Crippen LogP contribution in [0.1, 0.15) is 114 Å². The third-order valence-electron chi connectivity index (χ3n) is 6.74. The van der Waals surface area contributed by atoms with Gasteiger partial charge >= 0.3 is 5.97 Å². The topological polar surface area (TPSA) is 49.3 Å². The Morgan fingerprint density at radius 2 is 1.28 bits per heavy atom. The quantitative estimate of drug-likeness (QED) is 0.153. The third-order valence-corrected chi connectivity index (χ3v) is 6.74. The first-order chi connectivity index (χ1) is 17.6. The van der Waals surface area contributed by atoms with E-state index in [1.54, 1.807) is 0 Å². The van der Waals surface area contributed by atoms with Gasteiger partial charge in [0, 0.05) is 24.6 Å². The zero-order valence-corrected chi connectivity index (χ0v) is 22.4. The van der Waals surface area contributed by atoms with Gasteiger partial charge in [0.1, 0.15) is 0 Å². The lowest BCUT2D eigenvalue weighted by atomic mass is 10.0. The normalized spacial score (nSPS) is 11.5. The average Bonchev–Trinajstić information content (AvgIpc) is 2.89. The predicted octanol–water partition coefficient (Wildman–Crippen LogP) is 8.99. The van der Waals surface area contributed by atoms with E-state index in [0.29, 0.717) is 5.92 Å². The maximum atomic E-state index is 10.7. The zero-order chi connectivity index (χ0) is 25.7. The number of nitrogens with one attached hydrogen (secondary N) is 1. The fraction of sp³-hybridized carbons (Fsp3) is 0.545. The summed E-state index contributed by atoms with van der Waals surface area (Å²) in [4.78, 5) is 10.7. The van der Waals surface area contributed by atoms with Crippen LogP contribution in [-0.2, 0) is 11.2 Å². The molecular weight excluding hydrogens is 442 g/mol. The van der Waals surface area contributed by atoms with Gasteiger partial charge in [-0.2, -0.15) is 0 Å². The summed E-state index contributed by atoms with van der Waals surface area (Å²) in [5.41, 5.74) is 3.24. The van der Waals surface area contributed by atoms with E-state index in [4.69, 9.17) is 5.11 Å². The van der Waals surface area contributed by atoms with Crippen LogP contribution < -0.4 is 5.32 Å². The smallest absolute Gasteiger partial charge is 0.307 e. The molecule has 0 radical (unpaired) electrons. The second kappa shape index (κ2) is 19.5. The van der Waals surface area contributed by atoms with E-state index in [1.165, 1.54) is 89.0 Å². The largest absolute Gasteiger partial charge is 0.481 e. The number of anilines is 1. The van der Waals surface area contributed by atoms with Crippen molar-refractivity contribution in [1.82, 2.24) is 0 Å². The highest BCUT2D eigenvalue weighted by atomic mass is 16.4. The number of carboxylic acids is 1. The summed E-state index contributed by atoms with van der Waals surface area (Å²) in [6.07, 6.45) is 18.5. The van der Waals surface area contributed by atoms with Crippen LogP contribution in [0.25, 0.3) is 0 Å². The van der Waals surface area contributed by atoms with Crippen molar-refractivity contribution in [2.24, 2.45) is 0 Å². The van der Waals surface area contributed by atoms with Crippen molar-refractivity contribution < 1.29 is 9.90 Å². The van der Waals surface area contributed by atoms with Crippen molar-refractivity contribution in [3.63, 3.8) is 0 Å². The molecule has 0 heterocycles. The minimum atomic E-state index is -0.784. The van der Waals surface area contributed by atoms with E-state index in [1.807, 2.05) is 24.3 Å². The lowest BCUT2D eigenvalue weighted by Gasteiger charge is -2.07. The number of hydrogen-bond donors (Lipinski definition) is 2. The van der Waals surface area contributed by atoms with Gasteiger partial charge < -0.3 is 10.4 Å². The van der Waals surface area contributed by atoms with Gasteiger partial charge in [-0.25, -0.2) is 0 Å². The first kappa shape index (κ1) is 29.5. The van der Waals surface area contributed by atoms with Crippen LogP contribution in [0.5, 0.6) is 0 Å². The van der Waals surface area contributed by atoms with Gasteiger partial charge in [0.25, 0.3) is 0 Å². The summed E-state index contributed by atoms with van der Waals surface area (Å²) in [5, 5.41) is 12.3. The Morgan fingerprint density at radius 1 is 0.750 bits per heavy atom. The minimum Gasteiger partial charge on any atom is -0.481 e. The molecule has 1 atom stereocenters. The van der Waals surface area contributed by atoms with Gasteiger partial charge in [-0.15, -0.1) is 5.92 Å². The monoisotopic (exact) mass is 489 g/mol. The van der Waals surface area contributed by atoms with Crippen molar-refractivity contribution in [3.8, 4) is 11.8 Å². The summed E-state index contributed by atoms with van der Waals surface area (Å²) >= 11 is 0. The summed E-state index contributed by atoms with van der Waals surface area (Å²) in [7, 11) is 0. The third kappa shape index (κ3) is 14.6. The lowest BCUT2D eigenvalue weighted by molar-refractivity contribution is -0.136. The molecule has 2 rings (SSSR count). The Hall–Kier alpha value is -2.73. The van der Waals surface area contributed by atoms with Crippen molar-refractivity contribution in [1.29, 1.82) is 0 Å². The van der Waals surface area contributed by atoms with Crippen molar-refractivity contribution in [3.05, 3.63) is 65.7 Å². The second-order valence-electron chi connectivity index (χ2n) is 9.99. The van der Waals surface area contributed by atoms with Gasteiger partial charge in [0.15, 0.2) is 0 Å². The first-order valence-electron chi connectivity index (χ1n) is 14.2. The van der Waals surface area contributed by atoms with Crippen molar-refractivity contribution >= 4 is 11.7 Å². The maximum Gasteiger partial charge on any atom is 0.307 e. The number of hydrogen-bond acceptors (Lipinski definition) is 2. The second-order valence-corrected chi connectivity index (χ2v) is 9.99. The number of benzene rings is 2. The average molecular weight is 490 g/mol. The zero-order valence-electron chi connectivity index (χ0n) is 22.4. The highest BCUT2D eigenvalue weighted by Gasteiger charge is 2.01.